The van der Waals surface area contributed by atoms with Crippen LogP contribution in [0, 0.1) is 47.3 Å². The molecule has 90 valence electrons. The van der Waals surface area contributed by atoms with Crippen molar-refractivity contribution in [2.24, 2.45) is 47.3 Å². The van der Waals surface area contributed by atoms with Crippen LogP contribution in [0.2, 0.25) is 0 Å². The standard InChI is InChI=1S/C17H22/c1-2-11-4-3-10(1)14-8-16-12-5-6-13(7-12)17(16)9-15(11)14/h1-2,5-6,10-17H,3-4,7-9H2. The van der Waals surface area contributed by atoms with Gasteiger partial charge >= 0.3 is 0 Å². The number of hydrogen-bond donors (Lipinski definition) is 0. The monoisotopic (exact) mass is 226 g/mol. The molecule has 6 aliphatic carbocycles. The summed E-state index contributed by atoms with van der Waals surface area (Å²) in [5, 5.41) is 0. The summed E-state index contributed by atoms with van der Waals surface area (Å²) >= 11 is 0. The molecule has 0 saturated heterocycles. The molecule has 17 heavy (non-hydrogen) atoms. The molecule has 0 radical (unpaired) electrons. The summed E-state index contributed by atoms with van der Waals surface area (Å²) in [7, 11) is 0. The van der Waals surface area contributed by atoms with Crippen molar-refractivity contribution in [2.75, 3.05) is 0 Å². The minimum Gasteiger partial charge on any atom is -0.0848 e. The van der Waals surface area contributed by atoms with E-state index in [9.17, 15) is 0 Å². The van der Waals surface area contributed by atoms with Crippen molar-refractivity contribution in [3.8, 4) is 0 Å². The van der Waals surface area contributed by atoms with Crippen LogP contribution in [0.4, 0.5) is 0 Å². The third-order valence-electron chi connectivity index (χ3n) is 6.98. The van der Waals surface area contributed by atoms with Crippen LogP contribution in [-0.4, -0.2) is 0 Å². The van der Waals surface area contributed by atoms with E-state index in [1.807, 2.05) is 0 Å². The SMILES string of the molecule is C1=CC2CCC1C1CC3C4C=CC(C4)C3CC21. The third-order valence-corrected chi connectivity index (χ3v) is 6.98. The maximum absolute atomic E-state index is 2.58. The van der Waals surface area contributed by atoms with E-state index in [1.165, 1.54) is 19.3 Å². The summed E-state index contributed by atoms with van der Waals surface area (Å²) in [6.07, 6.45) is 18.0. The van der Waals surface area contributed by atoms with Gasteiger partial charge in [0.1, 0.15) is 0 Å². The summed E-state index contributed by atoms with van der Waals surface area (Å²) in [6, 6.07) is 0. The molecule has 3 saturated carbocycles. The second-order valence-corrected chi connectivity index (χ2v) is 7.37. The lowest BCUT2D eigenvalue weighted by Gasteiger charge is -2.52. The zero-order valence-electron chi connectivity index (χ0n) is 10.5. The van der Waals surface area contributed by atoms with E-state index in [2.05, 4.69) is 24.3 Å². The molecule has 0 aromatic carbocycles. The topological polar surface area (TPSA) is 0 Å². The average Bonchev–Trinajstić information content (AvgIpc) is 3.00. The van der Waals surface area contributed by atoms with E-state index in [0.29, 0.717) is 0 Å². The Labute approximate surface area is 104 Å². The van der Waals surface area contributed by atoms with Crippen molar-refractivity contribution in [2.45, 2.75) is 32.1 Å². The van der Waals surface area contributed by atoms with Crippen molar-refractivity contribution < 1.29 is 0 Å². The third kappa shape index (κ3) is 1.10. The van der Waals surface area contributed by atoms with Crippen molar-refractivity contribution in [3.05, 3.63) is 24.3 Å². The molecule has 8 atom stereocenters. The van der Waals surface area contributed by atoms with E-state index >= 15 is 0 Å². The first-order valence-corrected chi connectivity index (χ1v) is 7.77. The van der Waals surface area contributed by atoms with Gasteiger partial charge in [-0.1, -0.05) is 24.3 Å². The van der Waals surface area contributed by atoms with Gasteiger partial charge in [-0.3, -0.25) is 0 Å². The number of fused-ring (bicyclic) bond motifs is 6. The second-order valence-electron chi connectivity index (χ2n) is 7.37. The minimum absolute atomic E-state index is 0.967. The molecule has 0 heterocycles. The van der Waals surface area contributed by atoms with Crippen LogP contribution in [0.15, 0.2) is 24.3 Å². The summed E-state index contributed by atoms with van der Waals surface area (Å²) < 4.78 is 0. The largest absolute Gasteiger partial charge is 0.0848 e. The van der Waals surface area contributed by atoms with Gasteiger partial charge in [-0.2, -0.15) is 0 Å². The van der Waals surface area contributed by atoms with Crippen LogP contribution in [-0.2, 0) is 0 Å². The van der Waals surface area contributed by atoms with Crippen molar-refractivity contribution in [1.29, 1.82) is 0 Å². The van der Waals surface area contributed by atoms with Gasteiger partial charge in [-0.25, -0.2) is 0 Å². The molecule has 0 heteroatoms. The highest BCUT2D eigenvalue weighted by Crippen LogP contribution is 2.61. The molecular formula is C17H22. The molecule has 8 unspecified atom stereocenters. The molecule has 6 aliphatic rings. The van der Waals surface area contributed by atoms with Crippen LogP contribution in [0.3, 0.4) is 0 Å². The molecule has 0 aliphatic heterocycles. The number of rotatable bonds is 0. The highest BCUT2D eigenvalue weighted by atomic mass is 14.6. The zero-order chi connectivity index (χ0) is 11.0. The number of allylic oxidation sites excluding steroid dienone is 4. The van der Waals surface area contributed by atoms with E-state index in [0.717, 1.165) is 47.3 Å². The minimum atomic E-state index is 0.967. The molecule has 6 rings (SSSR count). The van der Waals surface area contributed by atoms with Crippen molar-refractivity contribution >= 4 is 0 Å². The molecule has 0 aromatic heterocycles. The predicted octanol–water partition coefficient (Wildman–Crippen LogP) is 4.05. The Hall–Kier alpha value is -0.520. The van der Waals surface area contributed by atoms with E-state index < -0.39 is 0 Å². The van der Waals surface area contributed by atoms with Crippen LogP contribution >= 0.6 is 0 Å². The van der Waals surface area contributed by atoms with Crippen LogP contribution < -0.4 is 0 Å². The molecule has 0 aromatic rings. The molecule has 0 nitrogen and oxygen atoms in total. The Balaban J connectivity index is 1.51. The van der Waals surface area contributed by atoms with Gasteiger partial charge in [-0.15, -0.1) is 0 Å². The molecule has 0 N–H and O–H groups in total. The number of hydrogen-bond acceptors (Lipinski definition) is 0. The van der Waals surface area contributed by atoms with Gasteiger partial charge in [-0.05, 0) is 79.4 Å². The fourth-order valence-corrected chi connectivity index (χ4v) is 6.27. The van der Waals surface area contributed by atoms with Gasteiger partial charge in [0.05, 0.1) is 0 Å². The Bertz CT molecular complexity index is 368. The average molecular weight is 226 g/mol. The normalized spacial score (nSPS) is 61.6. The lowest BCUT2D eigenvalue weighted by molar-refractivity contribution is 0.0135. The summed E-state index contributed by atoms with van der Waals surface area (Å²) in [5.41, 5.74) is 0. The molecule has 4 bridgehead atoms. The second kappa shape index (κ2) is 3.08. The smallest absolute Gasteiger partial charge is 0.0196 e. The Morgan fingerprint density at radius 1 is 0.471 bits per heavy atom. The highest BCUT2D eigenvalue weighted by Gasteiger charge is 2.53. The molecule has 0 amide bonds. The lowest BCUT2D eigenvalue weighted by atomic mass is 9.53. The van der Waals surface area contributed by atoms with Crippen LogP contribution in [0.25, 0.3) is 0 Å². The summed E-state index contributed by atoms with van der Waals surface area (Å²) in [4.78, 5) is 0. The van der Waals surface area contributed by atoms with Gasteiger partial charge in [0.25, 0.3) is 0 Å². The Kier molecular flexibility index (Phi) is 1.70. The van der Waals surface area contributed by atoms with Crippen LogP contribution in [0.1, 0.15) is 32.1 Å². The fourth-order valence-electron chi connectivity index (χ4n) is 6.27. The van der Waals surface area contributed by atoms with E-state index in [-0.39, 0.29) is 0 Å². The van der Waals surface area contributed by atoms with Gasteiger partial charge in [0, 0.05) is 0 Å². The Morgan fingerprint density at radius 2 is 0.882 bits per heavy atom. The van der Waals surface area contributed by atoms with Gasteiger partial charge in [0.15, 0.2) is 0 Å². The fraction of sp³-hybridized carbons (Fsp3) is 0.765. The lowest BCUT2D eigenvalue weighted by Crippen LogP contribution is -2.44. The van der Waals surface area contributed by atoms with Crippen molar-refractivity contribution in [1.82, 2.24) is 0 Å². The van der Waals surface area contributed by atoms with E-state index in [1.54, 1.807) is 12.8 Å². The maximum atomic E-state index is 2.58. The zero-order valence-corrected chi connectivity index (χ0v) is 10.5. The van der Waals surface area contributed by atoms with Crippen LogP contribution in [0.5, 0.6) is 0 Å². The summed E-state index contributed by atoms with van der Waals surface area (Å²) in [6.45, 7) is 0. The first kappa shape index (κ1) is 9.42. The molecular weight excluding hydrogens is 204 g/mol. The van der Waals surface area contributed by atoms with Crippen molar-refractivity contribution in [3.63, 3.8) is 0 Å². The maximum Gasteiger partial charge on any atom is -0.0196 e. The predicted molar refractivity (Wildman–Crippen MR) is 69.3 cm³/mol. The Morgan fingerprint density at radius 3 is 1.35 bits per heavy atom. The quantitative estimate of drug-likeness (QED) is 0.547. The highest BCUT2D eigenvalue weighted by molar-refractivity contribution is 5.19. The van der Waals surface area contributed by atoms with Gasteiger partial charge < -0.3 is 0 Å². The molecule has 3 fully saturated rings. The van der Waals surface area contributed by atoms with E-state index in [4.69, 9.17) is 0 Å². The summed E-state index contributed by atoms with van der Waals surface area (Å²) in [5.74, 6) is 8.22. The first-order chi connectivity index (χ1) is 8.40. The molecule has 0 spiro atoms. The van der Waals surface area contributed by atoms with Gasteiger partial charge in [0.2, 0.25) is 0 Å². The first-order valence-electron chi connectivity index (χ1n) is 7.77.